The summed E-state index contributed by atoms with van der Waals surface area (Å²) in [4.78, 5) is 26.3. The Morgan fingerprint density at radius 2 is 1.90 bits per heavy atom. The molecule has 0 N–H and O–H groups in total. The number of aromatic nitrogens is 3. The Morgan fingerprint density at radius 3 is 2.58 bits per heavy atom. The highest BCUT2D eigenvalue weighted by Crippen LogP contribution is 2.34. The molecule has 0 amide bonds. The second kappa shape index (κ2) is 8.41. The molecule has 4 rings (SSSR count). The molecule has 0 bridgehead atoms. The van der Waals surface area contributed by atoms with Gasteiger partial charge in [-0.3, -0.25) is 9.78 Å². The lowest BCUT2D eigenvalue weighted by Gasteiger charge is -2.26. The molecule has 31 heavy (non-hydrogen) atoms. The summed E-state index contributed by atoms with van der Waals surface area (Å²) >= 11 is 0. The minimum absolute atomic E-state index is 0.0755. The molecule has 1 aliphatic rings. The molecule has 0 saturated carbocycles. The molecule has 1 fully saturated rings. The maximum absolute atomic E-state index is 13.5. The number of anilines is 1. The average molecular weight is 430 g/mol. The predicted molar refractivity (Wildman–Crippen MR) is 106 cm³/mol. The summed E-state index contributed by atoms with van der Waals surface area (Å²) in [6, 6.07) is 9.02. The van der Waals surface area contributed by atoms with Gasteiger partial charge in [0.2, 0.25) is 0 Å². The molecule has 5 nitrogen and oxygen atoms in total. The summed E-state index contributed by atoms with van der Waals surface area (Å²) in [6.07, 6.45) is -0.281. The topological polar surface area (TPSA) is 59.0 Å². The maximum Gasteiger partial charge on any atom is 0.433 e. The van der Waals surface area contributed by atoms with E-state index in [4.69, 9.17) is 0 Å². The van der Waals surface area contributed by atoms with Gasteiger partial charge in [0.15, 0.2) is 17.3 Å². The number of hydrogen-bond donors (Lipinski definition) is 0. The van der Waals surface area contributed by atoms with E-state index in [9.17, 15) is 22.4 Å². The molecule has 1 atom stereocenters. The summed E-state index contributed by atoms with van der Waals surface area (Å²) < 4.78 is 53.6. The number of carbonyl (C=O) groups is 1. The Hall–Kier alpha value is -3.36. The monoisotopic (exact) mass is 430 g/mol. The van der Waals surface area contributed by atoms with Crippen molar-refractivity contribution in [1.29, 1.82) is 0 Å². The standard InChI is InChI=1S/C22H18F4N4O/c23-16-7-5-14(6-8-16)18(31)11-17-4-2-10-30(17)20-12-19(22(24,25)26)28-21(29-20)15-3-1-9-27-13-15/h1,3,5-9,12-13,17H,2,4,10-11H2. The number of carbonyl (C=O) groups excluding carboxylic acids is 1. The number of halogens is 4. The molecule has 1 aromatic carbocycles. The predicted octanol–water partition coefficient (Wildman–Crippen LogP) is 4.94. The lowest BCUT2D eigenvalue weighted by molar-refractivity contribution is -0.141. The highest BCUT2D eigenvalue weighted by molar-refractivity contribution is 5.96. The largest absolute Gasteiger partial charge is 0.433 e. The van der Waals surface area contributed by atoms with Crippen molar-refractivity contribution in [2.24, 2.45) is 0 Å². The second-order valence-electron chi connectivity index (χ2n) is 7.30. The van der Waals surface area contributed by atoms with E-state index in [1.807, 2.05) is 0 Å². The van der Waals surface area contributed by atoms with E-state index in [1.165, 1.54) is 36.7 Å². The Morgan fingerprint density at radius 1 is 1.13 bits per heavy atom. The summed E-state index contributed by atoms with van der Waals surface area (Å²) in [5.74, 6) is -0.596. The van der Waals surface area contributed by atoms with E-state index >= 15 is 0 Å². The van der Waals surface area contributed by atoms with E-state index in [-0.39, 0.29) is 29.9 Å². The fourth-order valence-corrected chi connectivity index (χ4v) is 3.67. The van der Waals surface area contributed by atoms with Gasteiger partial charge in [-0.05, 0) is 49.2 Å². The van der Waals surface area contributed by atoms with Crippen molar-refractivity contribution in [2.45, 2.75) is 31.5 Å². The first kappa shape index (κ1) is 20.9. The Bertz CT molecular complexity index is 1070. The van der Waals surface area contributed by atoms with Gasteiger partial charge in [0.05, 0.1) is 0 Å². The number of hydrogen-bond acceptors (Lipinski definition) is 5. The van der Waals surface area contributed by atoms with Crippen LogP contribution in [-0.4, -0.2) is 33.3 Å². The molecule has 160 valence electrons. The van der Waals surface area contributed by atoms with Crippen molar-refractivity contribution >= 4 is 11.6 Å². The van der Waals surface area contributed by atoms with Crippen molar-refractivity contribution in [2.75, 3.05) is 11.4 Å². The summed E-state index contributed by atoms with van der Waals surface area (Å²) in [7, 11) is 0. The minimum Gasteiger partial charge on any atom is -0.353 e. The SMILES string of the molecule is O=C(CC1CCCN1c1cc(C(F)(F)F)nc(-c2cccnc2)n1)c1ccc(F)cc1. The molecule has 1 aliphatic heterocycles. The minimum atomic E-state index is -4.65. The van der Waals surface area contributed by atoms with E-state index in [0.29, 0.717) is 24.1 Å². The summed E-state index contributed by atoms with van der Waals surface area (Å²) in [5, 5.41) is 0. The van der Waals surface area contributed by atoms with Crippen LogP contribution in [0.25, 0.3) is 11.4 Å². The van der Waals surface area contributed by atoms with Crippen LogP contribution in [-0.2, 0) is 6.18 Å². The first-order valence-electron chi connectivity index (χ1n) is 9.73. The van der Waals surface area contributed by atoms with E-state index < -0.39 is 17.7 Å². The van der Waals surface area contributed by atoms with Crippen LogP contribution in [0.15, 0.2) is 54.9 Å². The lowest BCUT2D eigenvalue weighted by Crippen LogP contribution is -2.32. The van der Waals surface area contributed by atoms with Crippen LogP contribution in [0, 0.1) is 5.82 Å². The maximum atomic E-state index is 13.5. The van der Waals surface area contributed by atoms with Gasteiger partial charge >= 0.3 is 6.18 Å². The molecule has 1 unspecified atom stereocenters. The number of nitrogens with zero attached hydrogens (tertiary/aromatic N) is 4. The molecular formula is C22H18F4N4O. The number of ketones is 1. The zero-order valence-corrected chi connectivity index (χ0v) is 16.3. The van der Waals surface area contributed by atoms with Crippen LogP contribution in [0.1, 0.15) is 35.3 Å². The Labute approximate surface area is 175 Å². The van der Waals surface area contributed by atoms with Gasteiger partial charge in [0.25, 0.3) is 0 Å². The van der Waals surface area contributed by atoms with Crippen molar-refractivity contribution in [3.8, 4) is 11.4 Å². The molecule has 3 heterocycles. The molecule has 1 saturated heterocycles. The zero-order valence-electron chi connectivity index (χ0n) is 16.3. The number of rotatable bonds is 5. The number of alkyl halides is 3. The van der Waals surface area contributed by atoms with Gasteiger partial charge in [0, 0.05) is 48.6 Å². The third kappa shape index (κ3) is 4.70. The van der Waals surface area contributed by atoms with Crippen molar-refractivity contribution in [1.82, 2.24) is 15.0 Å². The number of benzene rings is 1. The van der Waals surface area contributed by atoms with Crippen LogP contribution in [0.3, 0.4) is 0 Å². The second-order valence-corrected chi connectivity index (χ2v) is 7.30. The van der Waals surface area contributed by atoms with E-state index in [0.717, 1.165) is 12.5 Å². The normalized spacial score (nSPS) is 16.5. The van der Waals surface area contributed by atoms with Gasteiger partial charge < -0.3 is 4.90 Å². The summed E-state index contributed by atoms with van der Waals surface area (Å²) in [5.41, 5.74) is -0.317. The molecular weight excluding hydrogens is 412 g/mol. The zero-order chi connectivity index (χ0) is 22.0. The highest BCUT2D eigenvalue weighted by Gasteiger charge is 2.36. The highest BCUT2D eigenvalue weighted by atomic mass is 19.4. The van der Waals surface area contributed by atoms with Crippen molar-refractivity contribution in [3.05, 3.63) is 71.9 Å². The number of pyridine rings is 1. The smallest absolute Gasteiger partial charge is 0.353 e. The van der Waals surface area contributed by atoms with Crippen LogP contribution in [0.5, 0.6) is 0 Å². The third-order valence-corrected chi connectivity index (χ3v) is 5.18. The van der Waals surface area contributed by atoms with Gasteiger partial charge in [-0.25, -0.2) is 14.4 Å². The van der Waals surface area contributed by atoms with Gasteiger partial charge in [0.1, 0.15) is 11.6 Å². The lowest BCUT2D eigenvalue weighted by atomic mass is 10.0. The number of Topliss-reactive ketones (excluding diaryl/α,β-unsaturated/α-hetero) is 1. The first-order valence-corrected chi connectivity index (χ1v) is 9.73. The molecule has 0 radical (unpaired) electrons. The fourth-order valence-electron chi connectivity index (χ4n) is 3.67. The van der Waals surface area contributed by atoms with Crippen LogP contribution < -0.4 is 4.90 Å². The van der Waals surface area contributed by atoms with Crippen molar-refractivity contribution in [3.63, 3.8) is 0 Å². The van der Waals surface area contributed by atoms with E-state index in [1.54, 1.807) is 17.0 Å². The quantitative estimate of drug-likeness (QED) is 0.424. The molecule has 0 aliphatic carbocycles. The summed E-state index contributed by atoms with van der Waals surface area (Å²) in [6.45, 7) is 0.474. The fraction of sp³-hybridized carbons (Fsp3) is 0.273. The molecule has 0 spiro atoms. The Balaban J connectivity index is 1.65. The molecule has 3 aromatic rings. The van der Waals surface area contributed by atoms with Crippen LogP contribution >= 0.6 is 0 Å². The Kier molecular flexibility index (Phi) is 5.67. The van der Waals surface area contributed by atoms with Crippen LogP contribution in [0.2, 0.25) is 0 Å². The molecule has 2 aromatic heterocycles. The van der Waals surface area contributed by atoms with Gasteiger partial charge in [-0.1, -0.05) is 0 Å². The average Bonchev–Trinajstić information content (AvgIpc) is 3.22. The van der Waals surface area contributed by atoms with Crippen molar-refractivity contribution < 1.29 is 22.4 Å². The van der Waals surface area contributed by atoms with Crippen LogP contribution in [0.4, 0.5) is 23.4 Å². The molecule has 9 heteroatoms. The van der Waals surface area contributed by atoms with Gasteiger partial charge in [-0.2, -0.15) is 13.2 Å². The third-order valence-electron chi connectivity index (χ3n) is 5.18. The first-order chi connectivity index (χ1) is 14.8. The van der Waals surface area contributed by atoms with Gasteiger partial charge in [-0.15, -0.1) is 0 Å². The van der Waals surface area contributed by atoms with E-state index in [2.05, 4.69) is 15.0 Å².